The molecule has 0 aromatic heterocycles. The summed E-state index contributed by atoms with van der Waals surface area (Å²) in [6, 6.07) is 5.29. The Morgan fingerprint density at radius 3 is 2.70 bits per heavy atom. The average molecular weight is 310 g/mol. The van der Waals surface area contributed by atoms with Gasteiger partial charge in [0.25, 0.3) is 0 Å². The lowest BCUT2D eigenvalue weighted by Crippen LogP contribution is -2.62. The van der Waals surface area contributed by atoms with Crippen LogP contribution in [0.4, 0.5) is 5.69 Å². The van der Waals surface area contributed by atoms with E-state index in [-0.39, 0.29) is 17.7 Å². The highest BCUT2D eigenvalue weighted by Gasteiger charge is 2.43. The van der Waals surface area contributed by atoms with Crippen molar-refractivity contribution in [1.29, 1.82) is 0 Å². The van der Waals surface area contributed by atoms with Crippen LogP contribution in [0.1, 0.15) is 18.1 Å². The lowest BCUT2D eigenvalue weighted by molar-refractivity contribution is -0.146. The summed E-state index contributed by atoms with van der Waals surface area (Å²) in [4.78, 5) is 25.8. The van der Waals surface area contributed by atoms with E-state index < -0.39 is 6.04 Å². The van der Waals surface area contributed by atoms with Crippen molar-refractivity contribution in [3.8, 4) is 0 Å². The third kappa shape index (κ3) is 3.42. The van der Waals surface area contributed by atoms with Crippen LogP contribution < -0.4 is 5.32 Å². The summed E-state index contributed by atoms with van der Waals surface area (Å²) in [5, 5.41) is 2.94. The maximum atomic E-state index is 12.5. The molecule has 120 valence electrons. The molecular formula is C19H22N2O2. The van der Waals surface area contributed by atoms with Gasteiger partial charge in [-0.1, -0.05) is 50.4 Å². The van der Waals surface area contributed by atoms with Gasteiger partial charge in [-0.15, -0.1) is 0 Å². The van der Waals surface area contributed by atoms with E-state index >= 15 is 0 Å². The van der Waals surface area contributed by atoms with E-state index in [1.54, 1.807) is 11.0 Å². The Kier molecular flexibility index (Phi) is 5.16. The quantitative estimate of drug-likeness (QED) is 0.671. The predicted molar refractivity (Wildman–Crippen MR) is 93.9 cm³/mol. The van der Waals surface area contributed by atoms with Crippen molar-refractivity contribution in [2.24, 2.45) is 5.92 Å². The van der Waals surface area contributed by atoms with Crippen molar-refractivity contribution < 1.29 is 9.59 Å². The zero-order chi connectivity index (χ0) is 17.0. The second kappa shape index (κ2) is 7.09. The van der Waals surface area contributed by atoms with Crippen LogP contribution in [-0.4, -0.2) is 29.3 Å². The number of benzene rings is 1. The molecule has 0 bridgehead atoms. The molecule has 2 amide bonds. The molecule has 0 radical (unpaired) electrons. The van der Waals surface area contributed by atoms with E-state index in [0.29, 0.717) is 6.54 Å². The normalized spacial score (nSPS) is 20.0. The number of amides is 2. The predicted octanol–water partition coefficient (Wildman–Crippen LogP) is 3.17. The average Bonchev–Trinajstić information content (AvgIpc) is 2.52. The Bertz CT molecular complexity index is 676. The summed E-state index contributed by atoms with van der Waals surface area (Å²) in [6.07, 6.45) is 6.75. The molecule has 23 heavy (non-hydrogen) atoms. The van der Waals surface area contributed by atoms with Crippen LogP contribution >= 0.6 is 0 Å². The smallest absolute Gasteiger partial charge is 0.247 e. The molecular weight excluding hydrogens is 288 g/mol. The van der Waals surface area contributed by atoms with Crippen molar-refractivity contribution >= 4 is 23.6 Å². The van der Waals surface area contributed by atoms with E-state index in [1.165, 1.54) is 6.08 Å². The number of rotatable bonds is 5. The highest BCUT2D eigenvalue weighted by Crippen LogP contribution is 2.27. The van der Waals surface area contributed by atoms with Gasteiger partial charge < -0.3 is 10.2 Å². The summed E-state index contributed by atoms with van der Waals surface area (Å²) in [6.45, 7) is 11.6. The summed E-state index contributed by atoms with van der Waals surface area (Å²) >= 11 is 0. The molecule has 1 saturated heterocycles. The minimum atomic E-state index is -0.438. The van der Waals surface area contributed by atoms with Gasteiger partial charge in [-0.2, -0.15) is 0 Å². The van der Waals surface area contributed by atoms with Gasteiger partial charge in [0.05, 0.1) is 0 Å². The first-order valence-electron chi connectivity index (χ1n) is 7.62. The number of carbonyl (C=O) groups excluding carboxylic acids is 2. The third-order valence-corrected chi connectivity index (χ3v) is 4.13. The van der Waals surface area contributed by atoms with E-state index in [9.17, 15) is 9.59 Å². The number of likely N-dealkylation sites (tertiary alicyclic amines) is 1. The van der Waals surface area contributed by atoms with Crippen molar-refractivity contribution in [1.82, 2.24) is 4.90 Å². The van der Waals surface area contributed by atoms with Crippen molar-refractivity contribution in [3.63, 3.8) is 0 Å². The highest BCUT2D eigenvalue weighted by molar-refractivity contribution is 6.00. The maximum Gasteiger partial charge on any atom is 0.247 e. The molecule has 0 aliphatic carbocycles. The number of hydrogen-bond donors (Lipinski definition) is 1. The third-order valence-electron chi connectivity index (χ3n) is 4.13. The molecule has 1 heterocycles. The van der Waals surface area contributed by atoms with Crippen LogP contribution in [0.5, 0.6) is 0 Å². The van der Waals surface area contributed by atoms with Gasteiger partial charge >= 0.3 is 0 Å². The first-order valence-corrected chi connectivity index (χ1v) is 7.62. The fourth-order valence-electron chi connectivity index (χ4n) is 2.78. The molecule has 2 atom stereocenters. The zero-order valence-electron chi connectivity index (χ0n) is 13.6. The van der Waals surface area contributed by atoms with E-state index in [0.717, 1.165) is 16.8 Å². The Hall–Kier alpha value is -2.62. The topological polar surface area (TPSA) is 49.4 Å². The van der Waals surface area contributed by atoms with Crippen LogP contribution in [-0.2, 0) is 9.59 Å². The zero-order valence-corrected chi connectivity index (χ0v) is 13.6. The van der Waals surface area contributed by atoms with Gasteiger partial charge in [0.2, 0.25) is 11.8 Å². The van der Waals surface area contributed by atoms with E-state index in [2.05, 4.69) is 18.5 Å². The van der Waals surface area contributed by atoms with Crippen LogP contribution in [0.2, 0.25) is 0 Å². The Labute approximate surface area is 137 Å². The molecule has 0 spiro atoms. The molecule has 1 aliphatic heterocycles. The monoisotopic (exact) mass is 310 g/mol. The first kappa shape index (κ1) is 16.7. The van der Waals surface area contributed by atoms with Gasteiger partial charge in [-0.05, 0) is 30.2 Å². The standard InChI is InChI=1S/C19H22N2O2/c1-5-7-9-15-10-8-11-16(14(15)4)20-19(23)18-13(3)12-21(18)17(22)6-2/h5-11,13,18H,1-2,12H2,3-4H3,(H,20,23)/b9-7-/t13-,18+/m0/s1. The molecule has 2 rings (SSSR count). The fraction of sp³-hybridized carbons (Fsp3) is 0.263. The van der Waals surface area contributed by atoms with Gasteiger partial charge in [0.15, 0.2) is 0 Å². The Morgan fingerprint density at radius 2 is 2.09 bits per heavy atom. The largest absolute Gasteiger partial charge is 0.326 e. The van der Waals surface area contributed by atoms with Crippen molar-refractivity contribution in [2.75, 3.05) is 11.9 Å². The lowest BCUT2D eigenvalue weighted by atomic mass is 9.89. The summed E-state index contributed by atoms with van der Waals surface area (Å²) in [5.41, 5.74) is 2.75. The molecule has 1 aromatic rings. The second-order valence-corrected chi connectivity index (χ2v) is 5.72. The van der Waals surface area contributed by atoms with E-state index in [1.807, 2.05) is 44.2 Å². The molecule has 0 saturated carbocycles. The summed E-state index contributed by atoms with van der Waals surface area (Å²) < 4.78 is 0. The minimum absolute atomic E-state index is 0.142. The summed E-state index contributed by atoms with van der Waals surface area (Å²) in [7, 11) is 0. The molecule has 1 N–H and O–H groups in total. The van der Waals surface area contributed by atoms with Gasteiger partial charge in [0.1, 0.15) is 6.04 Å². The number of nitrogens with one attached hydrogen (secondary N) is 1. The van der Waals surface area contributed by atoms with Crippen LogP contribution in [0.25, 0.3) is 6.08 Å². The first-order chi connectivity index (χ1) is 11.0. The minimum Gasteiger partial charge on any atom is -0.326 e. The Balaban J connectivity index is 2.17. The van der Waals surface area contributed by atoms with Crippen LogP contribution in [0.3, 0.4) is 0 Å². The Morgan fingerprint density at radius 1 is 1.35 bits per heavy atom. The van der Waals surface area contributed by atoms with Gasteiger partial charge in [-0.25, -0.2) is 0 Å². The highest BCUT2D eigenvalue weighted by atomic mass is 16.2. The number of carbonyl (C=O) groups is 2. The second-order valence-electron chi connectivity index (χ2n) is 5.72. The van der Waals surface area contributed by atoms with Gasteiger partial charge in [0, 0.05) is 18.2 Å². The number of allylic oxidation sites excluding steroid dienone is 2. The van der Waals surface area contributed by atoms with Gasteiger partial charge in [-0.3, -0.25) is 9.59 Å². The van der Waals surface area contributed by atoms with Crippen LogP contribution in [0.15, 0.2) is 49.6 Å². The molecule has 1 fully saturated rings. The molecule has 0 unspecified atom stereocenters. The molecule has 4 heteroatoms. The maximum absolute atomic E-state index is 12.5. The number of hydrogen-bond acceptors (Lipinski definition) is 2. The van der Waals surface area contributed by atoms with E-state index in [4.69, 9.17) is 0 Å². The molecule has 1 aliphatic rings. The molecule has 4 nitrogen and oxygen atoms in total. The summed E-state index contributed by atoms with van der Waals surface area (Å²) in [5.74, 6) is -0.224. The molecule has 1 aromatic carbocycles. The fourth-order valence-corrected chi connectivity index (χ4v) is 2.78. The van der Waals surface area contributed by atoms with Crippen molar-refractivity contribution in [3.05, 3.63) is 60.7 Å². The van der Waals surface area contributed by atoms with Crippen LogP contribution in [0, 0.1) is 12.8 Å². The number of anilines is 1. The lowest BCUT2D eigenvalue weighted by Gasteiger charge is -2.44. The number of nitrogens with zero attached hydrogens (tertiary/aromatic N) is 1. The van der Waals surface area contributed by atoms with Crippen molar-refractivity contribution in [2.45, 2.75) is 19.9 Å². The SMILES string of the molecule is C=C/C=C\c1cccc(NC(=O)[C@H]2[C@@H](C)CN2C(=O)C=C)c1C.